The van der Waals surface area contributed by atoms with Crippen molar-refractivity contribution in [2.75, 3.05) is 32.7 Å². The molecule has 4 rings (SSSR count). The molecule has 2 aromatic rings. The van der Waals surface area contributed by atoms with E-state index in [0.717, 1.165) is 44.2 Å². The molecule has 1 atom stereocenters. The first-order valence-corrected chi connectivity index (χ1v) is 10.7. The predicted octanol–water partition coefficient (Wildman–Crippen LogP) is 3.56. The molecule has 0 unspecified atom stereocenters. The lowest BCUT2D eigenvalue weighted by Crippen LogP contribution is -2.40. The molecule has 0 spiro atoms. The molecule has 5 heteroatoms. The third kappa shape index (κ3) is 4.15. The van der Waals surface area contributed by atoms with Crippen molar-refractivity contribution in [2.45, 2.75) is 25.7 Å². The Balaban J connectivity index is 1.22. The number of carbonyl (C=O) groups excluding carboxylic acids is 1. The fraction of sp³-hybridized carbons (Fsp3) is 0.524. The van der Waals surface area contributed by atoms with Crippen LogP contribution in [-0.4, -0.2) is 53.4 Å². The minimum atomic E-state index is 0.112. The first kappa shape index (κ1) is 17.7. The van der Waals surface area contributed by atoms with Gasteiger partial charge in [-0.25, -0.2) is 4.98 Å². The lowest BCUT2D eigenvalue weighted by molar-refractivity contribution is 0.0654. The molecule has 0 N–H and O–H groups in total. The molecular formula is C21H27N3OS. The molecule has 0 aliphatic carbocycles. The monoisotopic (exact) mass is 369 g/mol. The quantitative estimate of drug-likeness (QED) is 0.809. The fourth-order valence-electron chi connectivity index (χ4n) is 4.44. The van der Waals surface area contributed by atoms with Crippen LogP contribution in [0.4, 0.5) is 0 Å². The first-order chi connectivity index (χ1) is 12.8. The fourth-order valence-corrected chi connectivity index (χ4v) is 4.96. The molecular weight excluding hydrogens is 342 g/mol. The van der Waals surface area contributed by atoms with Crippen molar-refractivity contribution in [3.63, 3.8) is 0 Å². The summed E-state index contributed by atoms with van der Waals surface area (Å²) in [5, 5.41) is 1.86. The summed E-state index contributed by atoms with van der Waals surface area (Å²) >= 11 is 1.49. The molecule has 0 saturated carbocycles. The summed E-state index contributed by atoms with van der Waals surface area (Å²) in [7, 11) is 0. The van der Waals surface area contributed by atoms with Gasteiger partial charge in [0.25, 0.3) is 5.91 Å². The molecule has 2 fully saturated rings. The highest BCUT2D eigenvalue weighted by molar-refractivity contribution is 7.07. The van der Waals surface area contributed by atoms with E-state index in [9.17, 15) is 4.79 Å². The average Bonchev–Trinajstić information content (AvgIpc) is 3.39. The summed E-state index contributed by atoms with van der Waals surface area (Å²) in [5.74, 6) is 1.69. The van der Waals surface area contributed by atoms with E-state index >= 15 is 0 Å². The van der Waals surface area contributed by atoms with Gasteiger partial charge in [-0.3, -0.25) is 4.79 Å². The van der Waals surface area contributed by atoms with E-state index in [0.29, 0.717) is 5.69 Å². The van der Waals surface area contributed by atoms with Crippen molar-refractivity contribution in [1.29, 1.82) is 0 Å². The molecule has 3 heterocycles. The number of aromatic nitrogens is 1. The Bertz CT molecular complexity index is 695. The Labute approximate surface area is 159 Å². The van der Waals surface area contributed by atoms with Gasteiger partial charge in [-0.2, -0.15) is 0 Å². The Morgan fingerprint density at radius 2 is 1.85 bits per heavy atom. The van der Waals surface area contributed by atoms with Gasteiger partial charge in [0.2, 0.25) is 0 Å². The van der Waals surface area contributed by atoms with E-state index in [-0.39, 0.29) is 5.91 Å². The number of likely N-dealkylation sites (tertiary alicyclic amines) is 2. The summed E-state index contributed by atoms with van der Waals surface area (Å²) in [6.45, 7) is 5.41. The number of benzene rings is 1. The van der Waals surface area contributed by atoms with Gasteiger partial charge in [-0.05, 0) is 49.6 Å². The zero-order valence-electron chi connectivity index (χ0n) is 15.2. The normalized spacial score (nSPS) is 22.0. The maximum Gasteiger partial charge on any atom is 0.273 e. The van der Waals surface area contributed by atoms with Crippen molar-refractivity contribution < 1.29 is 4.79 Å². The van der Waals surface area contributed by atoms with E-state index in [1.54, 1.807) is 5.51 Å². The summed E-state index contributed by atoms with van der Waals surface area (Å²) < 4.78 is 0. The van der Waals surface area contributed by atoms with Crippen molar-refractivity contribution in [3.05, 3.63) is 52.5 Å². The molecule has 1 amide bonds. The maximum absolute atomic E-state index is 12.4. The molecule has 138 valence electrons. The van der Waals surface area contributed by atoms with Gasteiger partial charge >= 0.3 is 0 Å². The zero-order chi connectivity index (χ0) is 17.8. The van der Waals surface area contributed by atoms with E-state index in [4.69, 9.17) is 0 Å². The molecule has 1 aromatic heterocycles. The van der Waals surface area contributed by atoms with E-state index in [1.165, 1.54) is 43.0 Å². The average molecular weight is 370 g/mol. The Morgan fingerprint density at radius 1 is 1.08 bits per heavy atom. The van der Waals surface area contributed by atoms with E-state index in [2.05, 4.69) is 40.2 Å². The van der Waals surface area contributed by atoms with Gasteiger partial charge in [0.1, 0.15) is 5.69 Å². The zero-order valence-corrected chi connectivity index (χ0v) is 16.0. The number of nitrogens with zero attached hydrogens (tertiary/aromatic N) is 3. The van der Waals surface area contributed by atoms with Crippen LogP contribution in [0.2, 0.25) is 0 Å². The standard InChI is InChI=1S/C21H27N3OS/c25-21(20-15-26-16-22-20)24-12-8-18(9-13-24)19-7-11-23(14-19)10-6-17-4-2-1-3-5-17/h1-5,15-16,18-19H,6-14H2/t19-/m0/s1. The number of rotatable bonds is 5. The predicted molar refractivity (Wildman–Crippen MR) is 105 cm³/mol. The van der Waals surface area contributed by atoms with Crippen LogP contribution >= 0.6 is 11.3 Å². The highest BCUT2D eigenvalue weighted by Crippen LogP contribution is 2.32. The van der Waals surface area contributed by atoms with E-state index in [1.807, 2.05) is 10.3 Å². The van der Waals surface area contributed by atoms with Crippen LogP contribution in [0.15, 0.2) is 41.2 Å². The molecule has 4 nitrogen and oxygen atoms in total. The second-order valence-electron chi connectivity index (χ2n) is 7.59. The van der Waals surface area contributed by atoms with Crippen LogP contribution in [0.1, 0.15) is 35.3 Å². The lowest BCUT2D eigenvalue weighted by atomic mass is 9.83. The van der Waals surface area contributed by atoms with Gasteiger partial charge in [-0.1, -0.05) is 30.3 Å². The highest BCUT2D eigenvalue weighted by atomic mass is 32.1. The second kappa shape index (κ2) is 8.31. The van der Waals surface area contributed by atoms with Crippen LogP contribution in [0.25, 0.3) is 0 Å². The smallest absolute Gasteiger partial charge is 0.273 e. The molecule has 0 bridgehead atoms. The summed E-state index contributed by atoms with van der Waals surface area (Å²) in [6, 6.07) is 10.8. The second-order valence-corrected chi connectivity index (χ2v) is 8.31. The van der Waals surface area contributed by atoms with Crippen LogP contribution in [0, 0.1) is 11.8 Å². The Kier molecular flexibility index (Phi) is 5.65. The van der Waals surface area contributed by atoms with Gasteiger partial charge in [0.05, 0.1) is 5.51 Å². The first-order valence-electron chi connectivity index (χ1n) is 9.73. The van der Waals surface area contributed by atoms with Gasteiger partial charge in [-0.15, -0.1) is 11.3 Å². The number of hydrogen-bond donors (Lipinski definition) is 0. The van der Waals surface area contributed by atoms with Gasteiger partial charge in [0, 0.05) is 31.6 Å². The molecule has 0 radical (unpaired) electrons. The molecule has 2 aliphatic rings. The van der Waals surface area contributed by atoms with Crippen LogP contribution in [-0.2, 0) is 6.42 Å². The maximum atomic E-state index is 12.4. The van der Waals surface area contributed by atoms with Crippen molar-refractivity contribution in [2.24, 2.45) is 11.8 Å². The third-order valence-electron chi connectivity index (χ3n) is 6.01. The summed E-state index contributed by atoms with van der Waals surface area (Å²) in [5.41, 5.74) is 3.79. The topological polar surface area (TPSA) is 36.4 Å². The van der Waals surface area contributed by atoms with Crippen LogP contribution < -0.4 is 0 Å². The largest absolute Gasteiger partial charge is 0.337 e. The summed E-state index contributed by atoms with van der Waals surface area (Å²) in [6.07, 6.45) is 4.76. The molecule has 2 saturated heterocycles. The number of carbonyl (C=O) groups is 1. The summed E-state index contributed by atoms with van der Waals surface area (Å²) in [4.78, 5) is 21.2. The van der Waals surface area contributed by atoms with Crippen molar-refractivity contribution in [3.8, 4) is 0 Å². The minimum absolute atomic E-state index is 0.112. The SMILES string of the molecule is O=C(c1cscn1)N1CCC([C@H]2CCN(CCc3ccccc3)C2)CC1. The molecule has 26 heavy (non-hydrogen) atoms. The number of thiazole rings is 1. The number of piperidine rings is 1. The molecule has 1 aromatic carbocycles. The van der Waals surface area contributed by atoms with Crippen molar-refractivity contribution >= 4 is 17.2 Å². The third-order valence-corrected chi connectivity index (χ3v) is 6.60. The number of amides is 1. The van der Waals surface area contributed by atoms with E-state index < -0.39 is 0 Å². The highest BCUT2D eigenvalue weighted by Gasteiger charge is 2.33. The Morgan fingerprint density at radius 3 is 2.58 bits per heavy atom. The lowest BCUT2D eigenvalue weighted by Gasteiger charge is -2.34. The van der Waals surface area contributed by atoms with Crippen LogP contribution in [0.3, 0.4) is 0 Å². The minimum Gasteiger partial charge on any atom is -0.337 e. The van der Waals surface area contributed by atoms with Crippen LogP contribution in [0.5, 0.6) is 0 Å². The van der Waals surface area contributed by atoms with Crippen molar-refractivity contribution in [1.82, 2.24) is 14.8 Å². The Hall–Kier alpha value is -1.72. The molecule has 2 aliphatic heterocycles. The number of hydrogen-bond acceptors (Lipinski definition) is 4. The van der Waals surface area contributed by atoms with Gasteiger partial charge in [0.15, 0.2) is 0 Å². The van der Waals surface area contributed by atoms with Gasteiger partial charge < -0.3 is 9.80 Å².